The van der Waals surface area contributed by atoms with Gasteiger partial charge in [0.2, 0.25) is 0 Å². The van der Waals surface area contributed by atoms with Gasteiger partial charge in [-0.1, -0.05) is 98.8 Å². The van der Waals surface area contributed by atoms with E-state index in [-0.39, 0.29) is 19.0 Å². The van der Waals surface area contributed by atoms with Crippen LogP contribution in [0.4, 0.5) is 0 Å². The molecule has 4 aromatic rings. The number of rotatable bonds is 0. The van der Waals surface area contributed by atoms with Crippen LogP contribution in [0.15, 0.2) is 91.0 Å². The van der Waals surface area contributed by atoms with Gasteiger partial charge in [-0.3, -0.25) is 9.59 Å². The first-order valence-corrected chi connectivity index (χ1v) is 16.6. The molecular formula is C56H28O3. The zero-order valence-corrected chi connectivity index (χ0v) is 30.9. The predicted octanol–water partition coefficient (Wildman–Crippen LogP) is 6.06. The Labute approximate surface area is 347 Å². The van der Waals surface area contributed by atoms with Crippen molar-refractivity contribution in [2.45, 2.75) is 14.4 Å². The molecule has 270 valence electrons. The fourth-order valence-corrected chi connectivity index (χ4v) is 4.45. The Kier molecular flexibility index (Phi) is 20.5. The minimum absolute atomic E-state index is 0. The quantitative estimate of drug-likeness (QED) is 0.178. The molecule has 4 aromatic carbocycles. The molecule has 0 unspecified atom stereocenters. The fourth-order valence-electron chi connectivity index (χ4n) is 4.45. The second kappa shape index (κ2) is 26.7. The van der Waals surface area contributed by atoms with Crippen molar-refractivity contribution in [1.29, 1.82) is 0 Å². The van der Waals surface area contributed by atoms with E-state index in [0.717, 1.165) is 27.5 Å². The Hall–Kier alpha value is -9.96. The Morgan fingerprint density at radius 2 is 0.814 bits per heavy atom. The Morgan fingerprint density at radius 3 is 1.20 bits per heavy atom. The number of hydrogen-bond acceptors (Lipinski definition) is 3. The van der Waals surface area contributed by atoms with E-state index in [4.69, 9.17) is 24.0 Å². The molecule has 3 heteroatoms. The number of benzene rings is 4. The second-order valence-electron chi connectivity index (χ2n) is 10.5. The molecule has 0 spiro atoms. The van der Waals surface area contributed by atoms with E-state index in [0.29, 0.717) is 22.3 Å². The number of ketones is 2. The summed E-state index contributed by atoms with van der Waals surface area (Å²) in [5.41, 5.74) is 3.15. The summed E-state index contributed by atoms with van der Waals surface area (Å²) in [6.45, 7) is 5.60. The summed E-state index contributed by atoms with van der Waals surface area (Å²) in [6.07, 6.45) is 16.7. The zero-order valence-electron chi connectivity index (χ0n) is 30.9. The van der Waals surface area contributed by atoms with Crippen molar-refractivity contribution in [1.82, 2.24) is 0 Å². The molecule has 0 N–H and O–H groups in total. The summed E-state index contributed by atoms with van der Waals surface area (Å²) in [4.78, 5) is 24.2. The summed E-state index contributed by atoms with van der Waals surface area (Å²) >= 11 is 0. The van der Waals surface area contributed by atoms with E-state index in [9.17, 15) is 9.59 Å². The third kappa shape index (κ3) is 15.5. The van der Waals surface area contributed by atoms with Gasteiger partial charge in [-0.05, 0) is 161 Å². The van der Waals surface area contributed by atoms with Crippen LogP contribution in [0.1, 0.15) is 51.8 Å². The predicted molar refractivity (Wildman–Crippen MR) is 238 cm³/mol. The van der Waals surface area contributed by atoms with Crippen molar-refractivity contribution in [2.75, 3.05) is 0 Å². The molecule has 6 rings (SSSR count). The van der Waals surface area contributed by atoms with Gasteiger partial charge in [0.15, 0.2) is 11.6 Å². The highest BCUT2D eigenvalue weighted by molar-refractivity contribution is 6.28. The molecular weight excluding hydrogens is 721 g/mol. The van der Waals surface area contributed by atoms with Crippen molar-refractivity contribution < 1.29 is 14.3 Å². The third-order valence-corrected chi connectivity index (χ3v) is 6.76. The average molecular weight is 749 g/mol. The van der Waals surface area contributed by atoms with Gasteiger partial charge in [-0.15, -0.1) is 19.3 Å². The molecule has 1 aliphatic carbocycles. The van der Waals surface area contributed by atoms with Gasteiger partial charge in [0.05, 0.1) is 0 Å². The standard InChI is InChI=1S/C14H8O2.C14H10O.C14H2.C13H4.CH4/c15-13-9-5-1-2-6-10(9)14(16)12-8-4-3-7-11(12)13;1-10-6-7-12-9-11-4-2-3-5-13(11)15-14(12)8-10;1-3-5-7-9-11-13-14-12-10-8-6-4-2;1-3-5-7-9-11-13-12-10-8-6-4-2;/h1-8H;2-9H,1H2;1-2H;1H,2H3;1H4. The molecule has 1 heterocycles. The lowest BCUT2D eigenvalue weighted by atomic mass is 9.84. The van der Waals surface area contributed by atoms with E-state index >= 15 is 0 Å². The highest BCUT2D eigenvalue weighted by atomic mass is 16.5. The Balaban J connectivity index is 0.000000271. The van der Waals surface area contributed by atoms with Crippen LogP contribution in [0.25, 0.3) is 12.7 Å². The summed E-state index contributed by atoms with van der Waals surface area (Å²) < 4.78 is 5.79. The zero-order chi connectivity index (χ0) is 41.6. The topological polar surface area (TPSA) is 43.4 Å². The highest BCUT2D eigenvalue weighted by Crippen LogP contribution is 2.27. The molecule has 0 amide bonds. The molecule has 0 saturated heterocycles. The number of terminal acetylenes is 3. The molecule has 0 fully saturated rings. The van der Waals surface area contributed by atoms with Crippen molar-refractivity contribution in [3.05, 3.63) is 129 Å². The third-order valence-electron chi connectivity index (χ3n) is 6.76. The molecule has 59 heavy (non-hydrogen) atoms. The first kappa shape index (κ1) is 45.2. The summed E-state index contributed by atoms with van der Waals surface area (Å²) in [6, 6.07) is 27.9. The number of ether oxygens (including phenoxy) is 1. The summed E-state index contributed by atoms with van der Waals surface area (Å²) in [5.74, 6) is 56.9. The van der Waals surface area contributed by atoms with Crippen molar-refractivity contribution >= 4 is 24.2 Å². The maximum absolute atomic E-state index is 12.1. The number of para-hydroxylation sites is 1. The van der Waals surface area contributed by atoms with Crippen LogP contribution in [-0.4, -0.2) is 11.6 Å². The molecule has 0 bridgehead atoms. The molecule has 0 atom stereocenters. The van der Waals surface area contributed by atoms with E-state index in [1.807, 2.05) is 36.4 Å². The first-order chi connectivity index (χ1) is 28.4. The minimum atomic E-state index is -0.0641. The fraction of sp³-hybridized carbons (Fsp3) is 0.0357. The van der Waals surface area contributed by atoms with Crippen molar-refractivity contribution in [2.24, 2.45) is 0 Å². The molecule has 0 saturated carbocycles. The van der Waals surface area contributed by atoms with E-state index < -0.39 is 0 Å². The van der Waals surface area contributed by atoms with Crippen LogP contribution < -0.4 is 15.2 Å². The number of hydrogen-bond donors (Lipinski definition) is 0. The lowest BCUT2D eigenvalue weighted by Gasteiger charge is -2.16. The van der Waals surface area contributed by atoms with Crippen LogP contribution in [0.2, 0.25) is 0 Å². The number of carbonyl (C=O) groups is 2. The lowest BCUT2D eigenvalue weighted by Crippen LogP contribution is -2.20. The van der Waals surface area contributed by atoms with Crippen molar-refractivity contribution in [3.8, 4) is 167 Å². The van der Waals surface area contributed by atoms with Crippen LogP contribution in [0.5, 0.6) is 11.5 Å². The highest BCUT2D eigenvalue weighted by Gasteiger charge is 2.28. The van der Waals surface area contributed by atoms with Crippen molar-refractivity contribution in [3.63, 3.8) is 0 Å². The van der Waals surface area contributed by atoms with Gasteiger partial charge in [-0.2, -0.15) is 0 Å². The van der Waals surface area contributed by atoms with Crippen LogP contribution >= 0.6 is 0 Å². The molecule has 0 aromatic heterocycles. The van der Waals surface area contributed by atoms with Gasteiger partial charge < -0.3 is 4.74 Å². The van der Waals surface area contributed by atoms with E-state index in [1.165, 1.54) is 0 Å². The molecule has 1 aliphatic heterocycles. The van der Waals surface area contributed by atoms with Gasteiger partial charge in [0.1, 0.15) is 11.5 Å². The number of carbonyl (C=O) groups excluding carboxylic acids is 2. The number of fused-ring (bicyclic) bond motifs is 4. The second-order valence-corrected chi connectivity index (χ2v) is 10.5. The largest absolute Gasteiger partial charge is 0.456 e. The first-order valence-electron chi connectivity index (χ1n) is 16.6. The van der Waals surface area contributed by atoms with Gasteiger partial charge >= 0.3 is 0 Å². The smallest absolute Gasteiger partial charge is 0.194 e. The molecule has 3 nitrogen and oxygen atoms in total. The summed E-state index contributed by atoms with van der Waals surface area (Å²) in [5, 5.41) is 2.09. The molecule has 0 radical (unpaired) electrons. The maximum atomic E-state index is 12.1. The molecule has 2 aliphatic rings. The van der Waals surface area contributed by atoms with Crippen LogP contribution in [0, 0.1) is 155 Å². The van der Waals surface area contributed by atoms with Gasteiger partial charge in [-0.25, -0.2) is 0 Å². The minimum Gasteiger partial charge on any atom is -0.456 e. The maximum Gasteiger partial charge on any atom is 0.194 e. The normalized spacial score (nSPS) is 8.31. The van der Waals surface area contributed by atoms with E-state index in [2.05, 4.69) is 155 Å². The van der Waals surface area contributed by atoms with E-state index in [1.54, 1.807) is 55.5 Å². The van der Waals surface area contributed by atoms with Crippen LogP contribution in [0.3, 0.4) is 0 Å². The average Bonchev–Trinajstić information content (AvgIpc) is 3.25. The SMILES string of the molecule is C.C#CC#CC#CC#CC#CC#CC.C#CC#CC#CC#CC#CC#CC#C.C=c1ccc2c(c1)Oc1ccccc1C=2.O=C1c2ccccc2C(=O)c2ccccc21. The lowest BCUT2D eigenvalue weighted by molar-refractivity contribution is 0.0979. The van der Waals surface area contributed by atoms with Gasteiger partial charge in [0.25, 0.3) is 0 Å². The van der Waals surface area contributed by atoms with Gasteiger partial charge in [0, 0.05) is 33.0 Å². The van der Waals surface area contributed by atoms with Crippen LogP contribution in [-0.2, 0) is 0 Å². The monoisotopic (exact) mass is 748 g/mol. The Bertz CT molecular complexity index is 3040. The summed E-state index contributed by atoms with van der Waals surface area (Å²) in [7, 11) is 0. The Morgan fingerprint density at radius 1 is 0.458 bits per heavy atom.